The maximum atomic E-state index is 13.4. The normalized spacial score (nSPS) is 20.7. The summed E-state index contributed by atoms with van der Waals surface area (Å²) in [5, 5.41) is 2.74. The van der Waals surface area contributed by atoms with Crippen LogP contribution in [-0.4, -0.2) is 30.1 Å². The Morgan fingerprint density at radius 3 is 2.17 bits per heavy atom. The highest BCUT2D eigenvalue weighted by Crippen LogP contribution is 2.52. The molecule has 1 aromatic rings. The Kier molecular flexibility index (Phi) is 5.13. The molecule has 3 N–H and O–H groups in total. The zero-order valence-corrected chi connectivity index (χ0v) is 17.0. The van der Waals surface area contributed by atoms with Gasteiger partial charge in [0.15, 0.2) is 0 Å². The van der Waals surface area contributed by atoms with Crippen molar-refractivity contribution in [3.05, 3.63) is 52.6 Å². The topological polar surface area (TPSA) is 117 Å². The Balaban J connectivity index is 2.33. The summed E-state index contributed by atoms with van der Waals surface area (Å²) >= 11 is 0. The number of para-hydroxylation sites is 1. The second-order valence-electron chi connectivity index (χ2n) is 7.43. The van der Waals surface area contributed by atoms with Crippen LogP contribution in [-0.2, 0) is 34.0 Å². The molecule has 8 heteroatoms. The number of benzene rings is 1. The number of carbonyl (C=O) groups excluding carboxylic acids is 3. The zero-order chi connectivity index (χ0) is 21.5. The van der Waals surface area contributed by atoms with E-state index in [2.05, 4.69) is 5.32 Å². The number of allylic oxidation sites excluding steroid dienone is 1. The zero-order valence-electron chi connectivity index (χ0n) is 17.0. The number of ether oxygens (including phenoxy) is 3. The molecule has 2 heterocycles. The van der Waals surface area contributed by atoms with Crippen molar-refractivity contribution in [2.75, 3.05) is 5.32 Å². The fourth-order valence-corrected chi connectivity index (χ4v) is 3.69. The van der Waals surface area contributed by atoms with Crippen LogP contribution in [0.5, 0.6) is 0 Å². The van der Waals surface area contributed by atoms with Crippen LogP contribution in [0.2, 0.25) is 0 Å². The summed E-state index contributed by atoms with van der Waals surface area (Å²) in [6.45, 7) is 8.21. The monoisotopic (exact) mass is 400 g/mol. The molecule has 0 aliphatic carbocycles. The molecule has 1 aromatic carbocycles. The van der Waals surface area contributed by atoms with Gasteiger partial charge in [-0.2, -0.15) is 0 Å². The first-order chi connectivity index (χ1) is 13.6. The van der Waals surface area contributed by atoms with Crippen molar-refractivity contribution in [2.24, 2.45) is 5.73 Å². The van der Waals surface area contributed by atoms with Gasteiger partial charge in [0.2, 0.25) is 11.8 Å². The molecule has 1 unspecified atom stereocenters. The molecule has 1 spiro atoms. The third-order valence-corrected chi connectivity index (χ3v) is 4.63. The van der Waals surface area contributed by atoms with Gasteiger partial charge in [-0.3, -0.25) is 4.79 Å². The number of amides is 1. The second kappa shape index (κ2) is 7.27. The summed E-state index contributed by atoms with van der Waals surface area (Å²) in [4.78, 5) is 39.5. The van der Waals surface area contributed by atoms with Gasteiger partial charge in [0.25, 0.3) is 0 Å². The van der Waals surface area contributed by atoms with E-state index in [9.17, 15) is 14.4 Å². The molecule has 154 valence electrons. The first kappa shape index (κ1) is 20.4. The third-order valence-electron chi connectivity index (χ3n) is 4.63. The Morgan fingerprint density at radius 2 is 1.59 bits per heavy atom. The molecule has 2 aliphatic heterocycles. The van der Waals surface area contributed by atoms with E-state index in [0.29, 0.717) is 11.3 Å². The summed E-state index contributed by atoms with van der Waals surface area (Å²) in [7, 11) is 0. The molecular weight excluding hydrogens is 376 g/mol. The number of nitrogens with two attached hydrogens (primary N) is 1. The predicted octanol–water partition coefficient (Wildman–Crippen LogP) is 2.25. The van der Waals surface area contributed by atoms with Crippen molar-refractivity contribution in [3.8, 4) is 0 Å². The number of anilines is 1. The number of carbonyl (C=O) groups is 3. The maximum Gasteiger partial charge on any atom is 0.341 e. The smallest absolute Gasteiger partial charge is 0.341 e. The van der Waals surface area contributed by atoms with E-state index >= 15 is 0 Å². The molecule has 0 fully saturated rings. The van der Waals surface area contributed by atoms with Crippen LogP contribution in [0.1, 0.15) is 40.2 Å². The van der Waals surface area contributed by atoms with Crippen LogP contribution in [0, 0.1) is 0 Å². The van der Waals surface area contributed by atoms with Crippen LogP contribution in [0.4, 0.5) is 5.69 Å². The number of esters is 2. The first-order valence-electron chi connectivity index (χ1n) is 9.33. The Labute approximate surface area is 168 Å². The second-order valence-corrected chi connectivity index (χ2v) is 7.43. The van der Waals surface area contributed by atoms with Crippen molar-refractivity contribution in [3.63, 3.8) is 0 Å². The van der Waals surface area contributed by atoms with E-state index < -0.39 is 35.5 Å². The van der Waals surface area contributed by atoms with E-state index in [1.165, 1.54) is 6.92 Å². The van der Waals surface area contributed by atoms with Crippen LogP contribution >= 0.6 is 0 Å². The SMILES string of the molecule is CC1=C(C(=O)OC(C)C)C2(C(=O)Nc3ccccc32)C(C(=O)OC(C)C)=C(N)O1. The van der Waals surface area contributed by atoms with Gasteiger partial charge in [0, 0.05) is 11.3 Å². The van der Waals surface area contributed by atoms with Gasteiger partial charge in [-0.05, 0) is 40.7 Å². The fourth-order valence-electron chi connectivity index (χ4n) is 3.69. The molecule has 0 saturated heterocycles. The van der Waals surface area contributed by atoms with Crippen molar-refractivity contribution >= 4 is 23.5 Å². The van der Waals surface area contributed by atoms with Gasteiger partial charge < -0.3 is 25.3 Å². The number of fused-ring (bicyclic) bond motifs is 2. The quantitative estimate of drug-likeness (QED) is 0.745. The lowest BCUT2D eigenvalue weighted by molar-refractivity contribution is -0.147. The van der Waals surface area contributed by atoms with E-state index in [0.717, 1.165) is 0 Å². The molecule has 8 nitrogen and oxygen atoms in total. The van der Waals surface area contributed by atoms with Crippen LogP contribution in [0.25, 0.3) is 0 Å². The summed E-state index contributed by atoms with van der Waals surface area (Å²) in [6, 6.07) is 6.78. The van der Waals surface area contributed by atoms with Crippen molar-refractivity contribution in [1.82, 2.24) is 0 Å². The molecule has 0 saturated carbocycles. The van der Waals surface area contributed by atoms with E-state index in [4.69, 9.17) is 19.9 Å². The van der Waals surface area contributed by atoms with Gasteiger partial charge in [0.05, 0.1) is 12.2 Å². The lowest BCUT2D eigenvalue weighted by Gasteiger charge is -2.36. The lowest BCUT2D eigenvalue weighted by atomic mass is 9.67. The summed E-state index contributed by atoms with van der Waals surface area (Å²) < 4.78 is 16.2. The third kappa shape index (κ3) is 3.14. The van der Waals surface area contributed by atoms with E-state index in [-0.39, 0.29) is 22.8 Å². The highest BCUT2D eigenvalue weighted by Gasteiger charge is 2.61. The number of hydrogen-bond acceptors (Lipinski definition) is 7. The summed E-state index contributed by atoms with van der Waals surface area (Å²) in [5.41, 5.74) is 4.77. The minimum Gasteiger partial charge on any atom is -0.459 e. The van der Waals surface area contributed by atoms with Gasteiger partial charge >= 0.3 is 11.9 Å². The molecule has 29 heavy (non-hydrogen) atoms. The largest absolute Gasteiger partial charge is 0.459 e. The van der Waals surface area contributed by atoms with E-state index in [1.54, 1.807) is 52.0 Å². The number of nitrogens with one attached hydrogen (secondary N) is 1. The highest BCUT2D eigenvalue weighted by atomic mass is 16.6. The molecule has 0 bridgehead atoms. The molecule has 1 amide bonds. The molecular formula is C21H24N2O6. The van der Waals surface area contributed by atoms with Crippen molar-refractivity contribution < 1.29 is 28.6 Å². The van der Waals surface area contributed by atoms with Crippen molar-refractivity contribution in [1.29, 1.82) is 0 Å². The Hall–Kier alpha value is -3.29. The summed E-state index contributed by atoms with van der Waals surface area (Å²) in [6.07, 6.45) is -0.925. The predicted molar refractivity (Wildman–Crippen MR) is 104 cm³/mol. The Bertz CT molecular complexity index is 914. The van der Waals surface area contributed by atoms with Crippen LogP contribution < -0.4 is 11.1 Å². The van der Waals surface area contributed by atoms with Crippen LogP contribution in [0.15, 0.2) is 47.1 Å². The van der Waals surface area contributed by atoms with Gasteiger partial charge in [-0.25, -0.2) is 9.59 Å². The van der Waals surface area contributed by atoms with Crippen molar-refractivity contribution in [2.45, 2.75) is 52.2 Å². The average Bonchev–Trinajstić information content (AvgIpc) is 2.86. The minimum absolute atomic E-state index is 0.0844. The molecule has 3 rings (SSSR count). The van der Waals surface area contributed by atoms with E-state index in [1.807, 2.05) is 0 Å². The molecule has 1 atom stereocenters. The first-order valence-corrected chi connectivity index (χ1v) is 9.33. The fraction of sp³-hybridized carbons (Fsp3) is 0.381. The van der Waals surface area contributed by atoms with Gasteiger partial charge in [-0.15, -0.1) is 0 Å². The number of hydrogen-bond donors (Lipinski definition) is 2. The number of rotatable bonds is 4. The Morgan fingerprint density at radius 1 is 1.03 bits per heavy atom. The molecule has 0 radical (unpaired) electrons. The molecule has 0 aromatic heterocycles. The molecule has 2 aliphatic rings. The lowest BCUT2D eigenvalue weighted by Crippen LogP contribution is -2.49. The highest BCUT2D eigenvalue weighted by molar-refractivity contribution is 6.21. The average molecular weight is 400 g/mol. The maximum absolute atomic E-state index is 13.4. The van der Waals surface area contributed by atoms with Gasteiger partial charge in [0.1, 0.15) is 22.3 Å². The minimum atomic E-state index is -1.83. The standard InChI is InChI=1S/C21H24N2O6/c1-10(2)27-18(24)15-12(5)29-17(22)16(19(25)28-11(3)4)21(15)13-8-6-7-9-14(13)23-20(21)26/h6-11H,22H2,1-5H3,(H,23,26). The van der Waals surface area contributed by atoms with Gasteiger partial charge in [-0.1, -0.05) is 18.2 Å². The van der Waals surface area contributed by atoms with Crippen LogP contribution in [0.3, 0.4) is 0 Å². The summed E-state index contributed by atoms with van der Waals surface area (Å²) in [5.74, 6) is -2.42.